The Bertz CT molecular complexity index is 1560. The average Bonchev–Trinajstić information content (AvgIpc) is 3.38. The molecule has 72 heavy (non-hydrogen) atoms. The third-order valence-corrected chi connectivity index (χ3v) is 11.9. The maximum absolute atomic E-state index is 12.9. The molecule has 0 aliphatic rings. The maximum Gasteiger partial charge on any atom is 0.306 e. The lowest BCUT2D eigenvalue weighted by molar-refractivity contribution is -0.167. The molecule has 0 aromatic heterocycles. The molecule has 6 heteroatoms. The second-order valence-corrected chi connectivity index (χ2v) is 18.8. The van der Waals surface area contributed by atoms with Gasteiger partial charge in [0, 0.05) is 19.3 Å². The zero-order valence-corrected chi connectivity index (χ0v) is 46.4. The third kappa shape index (κ3) is 56.5. The zero-order chi connectivity index (χ0) is 52.2. The van der Waals surface area contributed by atoms with Crippen molar-refractivity contribution in [3.8, 4) is 0 Å². The third-order valence-electron chi connectivity index (χ3n) is 11.9. The fraction of sp³-hybridized carbons (Fsp3) is 0.621. The number of ether oxygens (including phenoxy) is 3. The first-order valence-corrected chi connectivity index (χ1v) is 29.2. The van der Waals surface area contributed by atoms with Crippen molar-refractivity contribution in [2.75, 3.05) is 13.2 Å². The molecule has 0 amide bonds. The van der Waals surface area contributed by atoms with Gasteiger partial charge in [-0.15, -0.1) is 0 Å². The molecule has 0 fully saturated rings. The van der Waals surface area contributed by atoms with Gasteiger partial charge in [0.15, 0.2) is 6.10 Å². The first-order chi connectivity index (χ1) is 35.5. The molecule has 0 radical (unpaired) electrons. The molecule has 0 aromatic carbocycles. The summed E-state index contributed by atoms with van der Waals surface area (Å²) in [6.07, 6.45) is 82.9. The van der Waals surface area contributed by atoms with Gasteiger partial charge in [-0.1, -0.05) is 231 Å². The lowest BCUT2D eigenvalue weighted by Crippen LogP contribution is -2.30. The predicted molar refractivity (Wildman–Crippen MR) is 311 cm³/mol. The Kier molecular flexibility index (Phi) is 55.5. The maximum atomic E-state index is 12.9. The predicted octanol–water partition coefficient (Wildman–Crippen LogP) is 19.8. The zero-order valence-electron chi connectivity index (χ0n) is 46.4. The molecule has 1 unspecified atom stereocenters. The number of carbonyl (C=O) groups is 3. The second-order valence-electron chi connectivity index (χ2n) is 18.8. The van der Waals surface area contributed by atoms with E-state index in [-0.39, 0.29) is 31.1 Å². The Morgan fingerprint density at radius 2 is 0.500 bits per heavy atom. The van der Waals surface area contributed by atoms with Gasteiger partial charge >= 0.3 is 17.9 Å². The molecule has 1 atom stereocenters. The minimum absolute atomic E-state index is 0.102. The van der Waals surface area contributed by atoms with E-state index in [2.05, 4.69) is 154 Å². The van der Waals surface area contributed by atoms with E-state index in [0.29, 0.717) is 19.3 Å². The van der Waals surface area contributed by atoms with Crippen LogP contribution in [0.4, 0.5) is 0 Å². The summed E-state index contributed by atoms with van der Waals surface area (Å²) in [6.45, 7) is 6.26. The van der Waals surface area contributed by atoms with Crippen LogP contribution in [0.5, 0.6) is 0 Å². The van der Waals surface area contributed by atoms with Crippen molar-refractivity contribution >= 4 is 17.9 Å². The molecule has 0 aromatic rings. The van der Waals surface area contributed by atoms with Crippen LogP contribution in [-0.4, -0.2) is 37.2 Å². The molecule has 0 bridgehead atoms. The molecule has 0 heterocycles. The molecule has 0 aliphatic carbocycles. The minimum atomic E-state index is -0.806. The van der Waals surface area contributed by atoms with Crippen molar-refractivity contribution in [1.29, 1.82) is 0 Å². The fourth-order valence-corrected chi connectivity index (χ4v) is 7.61. The lowest BCUT2D eigenvalue weighted by Gasteiger charge is -2.18. The number of hydrogen-bond acceptors (Lipinski definition) is 6. The SMILES string of the molecule is CC/C=C\C/C=C\C/C=C\C/C=C\C/C=C\CCCCCC(=O)OCC(COC(=O)CCCCCCCC/C=C\C/C=C\C/C=C\CC)OC(=O)CCCCCCCCCCC/C=C\C/C=C\C/C=C\CC. The van der Waals surface area contributed by atoms with Crippen LogP contribution in [0.2, 0.25) is 0 Å². The molecular weight excluding hydrogens is 889 g/mol. The Labute approximate surface area is 443 Å². The highest BCUT2D eigenvalue weighted by atomic mass is 16.6. The first-order valence-electron chi connectivity index (χ1n) is 29.2. The number of carbonyl (C=O) groups excluding carboxylic acids is 3. The van der Waals surface area contributed by atoms with Gasteiger partial charge in [0.25, 0.3) is 0 Å². The summed E-state index contributed by atoms with van der Waals surface area (Å²) in [5.74, 6) is -0.955. The summed E-state index contributed by atoms with van der Waals surface area (Å²) in [7, 11) is 0. The van der Waals surface area contributed by atoms with Crippen molar-refractivity contribution in [2.24, 2.45) is 0 Å². The quantitative estimate of drug-likeness (QED) is 0.0261. The summed E-state index contributed by atoms with van der Waals surface area (Å²) < 4.78 is 16.9. The van der Waals surface area contributed by atoms with E-state index in [9.17, 15) is 14.4 Å². The summed E-state index contributed by atoms with van der Waals surface area (Å²) in [4.78, 5) is 38.2. The van der Waals surface area contributed by atoms with Gasteiger partial charge in [-0.25, -0.2) is 0 Å². The van der Waals surface area contributed by atoms with Crippen LogP contribution in [0.25, 0.3) is 0 Å². The minimum Gasteiger partial charge on any atom is -0.462 e. The average molecular weight is 996 g/mol. The van der Waals surface area contributed by atoms with E-state index in [1.165, 1.54) is 51.4 Å². The Balaban J connectivity index is 4.49. The highest BCUT2D eigenvalue weighted by molar-refractivity contribution is 5.71. The molecule has 0 saturated carbocycles. The molecular formula is C66H106O6. The molecule has 0 N–H and O–H groups in total. The lowest BCUT2D eigenvalue weighted by atomic mass is 10.1. The van der Waals surface area contributed by atoms with Gasteiger partial charge < -0.3 is 14.2 Å². The van der Waals surface area contributed by atoms with Crippen LogP contribution in [0.1, 0.15) is 245 Å². The Morgan fingerprint density at radius 3 is 0.792 bits per heavy atom. The van der Waals surface area contributed by atoms with Crippen molar-refractivity contribution in [1.82, 2.24) is 0 Å². The Morgan fingerprint density at radius 1 is 0.278 bits per heavy atom. The Hall–Kier alpha value is -4.45. The van der Waals surface area contributed by atoms with Gasteiger partial charge in [-0.2, -0.15) is 0 Å². The van der Waals surface area contributed by atoms with Gasteiger partial charge in [-0.05, 0) is 128 Å². The van der Waals surface area contributed by atoms with Gasteiger partial charge in [0.1, 0.15) is 13.2 Å². The second kappa shape index (κ2) is 59.1. The van der Waals surface area contributed by atoms with Crippen molar-refractivity contribution < 1.29 is 28.6 Å². The number of unbranched alkanes of at least 4 members (excludes halogenated alkanes) is 18. The summed E-state index contributed by atoms with van der Waals surface area (Å²) in [5, 5.41) is 0. The number of hydrogen-bond donors (Lipinski definition) is 0. The monoisotopic (exact) mass is 995 g/mol. The summed E-state index contributed by atoms with van der Waals surface area (Å²) in [5.41, 5.74) is 0. The van der Waals surface area contributed by atoms with Crippen LogP contribution < -0.4 is 0 Å². The van der Waals surface area contributed by atoms with Crippen molar-refractivity contribution in [2.45, 2.75) is 252 Å². The van der Waals surface area contributed by atoms with Crippen LogP contribution >= 0.6 is 0 Å². The van der Waals surface area contributed by atoms with Crippen molar-refractivity contribution in [3.63, 3.8) is 0 Å². The number of rotatable bonds is 51. The molecule has 0 rings (SSSR count). The van der Waals surface area contributed by atoms with E-state index in [1.54, 1.807) is 0 Å². The number of esters is 3. The molecule has 406 valence electrons. The number of allylic oxidation sites excluding steroid dienone is 22. The van der Waals surface area contributed by atoms with E-state index in [4.69, 9.17) is 14.2 Å². The molecule has 0 spiro atoms. The van der Waals surface area contributed by atoms with Crippen LogP contribution in [-0.2, 0) is 28.6 Å². The van der Waals surface area contributed by atoms with Crippen LogP contribution in [0, 0.1) is 0 Å². The van der Waals surface area contributed by atoms with Crippen molar-refractivity contribution in [3.05, 3.63) is 134 Å². The topological polar surface area (TPSA) is 78.9 Å². The van der Waals surface area contributed by atoms with E-state index >= 15 is 0 Å². The highest BCUT2D eigenvalue weighted by Gasteiger charge is 2.19. The first kappa shape index (κ1) is 67.5. The smallest absolute Gasteiger partial charge is 0.306 e. The van der Waals surface area contributed by atoms with Crippen LogP contribution in [0.15, 0.2) is 134 Å². The van der Waals surface area contributed by atoms with E-state index < -0.39 is 6.10 Å². The molecule has 0 aliphatic heterocycles. The standard InChI is InChI=1S/C66H106O6/c1-4-7-10-13-16-19-22-25-28-31-33-35-38-41-44-47-50-53-56-59-65(68)71-62-63(61-70-64(67)58-55-52-49-46-43-40-37-30-27-24-21-18-15-12-9-6-3)72-66(69)60-57-54-51-48-45-42-39-36-34-32-29-26-23-20-17-14-11-8-5-2/h7-12,16-21,25-30,33,35,41,44,63H,4-6,13-15,22-24,31-32,34,36-40,42-43,45-62H2,1-3H3/b10-7-,11-8-,12-9-,19-16-,20-17-,21-18-,28-25-,29-26-,30-27-,35-33-,44-41-. The largest absolute Gasteiger partial charge is 0.462 e. The van der Waals surface area contributed by atoms with E-state index in [1.807, 2.05) is 0 Å². The van der Waals surface area contributed by atoms with Crippen LogP contribution in [0.3, 0.4) is 0 Å². The van der Waals surface area contributed by atoms with E-state index in [0.717, 1.165) is 154 Å². The normalized spacial score (nSPS) is 13.1. The fourth-order valence-electron chi connectivity index (χ4n) is 7.61. The van der Waals surface area contributed by atoms with Gasteiger partial charge in [0.05, 0.1) is 0 Å². The summed E-state index contributed by atoms with van der Waals surface area (Å²) >= 11 is 0. The highest BCUT2D eigenvalue weighted by Crippen LogP contribution is 2.14. The van der Waals surface area contributed by atoms with Gasteiger partial charge in [0.2, 0.25) is 0 Å². The summed E-state index contributed by atoms with van der Waals surface area (Å²) in [6, 6.07) is 0. The molecule has 6 nitrogen and oxygen atoms in total. The van der Waals surface area contributed by atoms with Gasteiger partial charge in [-0.3, -0.25) is 14.4 Å². The molecule has 0 saturated heterocycles.